The van der Waals surface area contributed by atoms with Crippen molar-refractivity contribution in [3.63, 3.8) is 0 Å². The third-order valence-corrected chi connectivity index (χ3v) is 4.75. The van der Waals surface area contributed by atoms with Gasteiger partial charge in [-0.1, -0.05) is 51.1 Å². The summed E-state index contributed by atoms with van der Waals surface area (Å²) in [4.78, 5) is 24.2. The molecule has 2 rings (SSSR count). The van der Waals surface area contributed by atoms with E-state index in [0.29, 0.717) is 0 Å². The molecule has 0 heterocycles. The second-order valence-electron chi connectivity index (χ2n) is 7.30. The summed E-state index contributed by atoms with van der Waals surface area (Å²) in [6.45, 7) is 5.71. The molecule has 0 bridgehead atoms. The van der Waals surface area contributed by atoms with Gasteiger partial charge < -0.3 is 19.9 Å². The van der Waals surface area contributed by atoms with Crippen LogP contribution in [-0.2, 0) is 20.9 Å². The quantitative estimate of drug-likeness (QED) is 0.771. The van der Waals surface area contributed by atoms with Gasteiger partial charge in [-0.05, 0) is 24.3 Å². The number of rotatable bonds is 6. The summed E-state index contributed by atoms with van der Waals surface area (Å²) in [6, 6.07) is 8.08. The van der Waals surface area contributed by atoms with Crippen molar-refractivity contribution in [1.82, 2.24) is 5.32 Å². The molecule has 6 heteroatoms. The van der Waals surface area contributed by atoms with Crippen LogP contribution in [0.5, 0.6) is 0 Å². The number of aliphatic hydroxyl groups excluding tert-OH is 1. The average Bonchev–Trinajstić information content (AvgIpc) is 2.85. The van der Waals surface area contributed by atoms with E-state index in [2.05, 4.69) is 19.2 Å². The maximum Gasteiger partial charge on any atom is 0.408 e. The van der Waals surface area contributed by atoms with E-state index in [1.54, 1.807) is 0 Å². The molecule has 0 aliphatic heterocycles. The Morgan fingerprint density at radius 2 is 2.00 bits per heavy atom. The van der Waals surface area contributed by atoms with Gasteiger partial charge in [0.25, 0.3) is 0 Å². The molecule has 0 spiro atoms. The van der Waals surface area contributed by atoms with Crippen molar-refractivity contribution in [2.75, 3.05) is 6.61 Å². The van der Waals surface area contributed by atoms with Crippen molar-refractivity contribution >= 4 is 12.1 Å². The van der Waals surface area contributed by atoms with Crippen LogP contribution in [0.1, 0.15) is 39.2 Å². The second-order valence-corrected chi connectivity index (χ2v) is 7.30. The molecule has 1 aromatic carbocycles. The fourth-order valence-electron chi connectivity index (χ4n) is 3.23. The lowest BCUT2D eigenvalue weighted by Crippen LogP contribution is -2.47. The van der Waals surface area contributed by atoms with E-state index in [9.17, 15) is 14.7 Å². The molecular weight excluding hydrogens is 322 g/mol. The number of hydrogen-bond donors (Lipinski definition) is 2. The Morgan fingerprint density at radius 1 is 1.32 bits per heavy atom. The van der Waals surface area contributed by atoms with Crippen molar-refractivity contribution in [3.05, 3.63) is 35.9 Å². The lowest BCUT2D eigenvalue weighted by atomic mass is 9.87. The summed E-state index contributed by atoms with van der Waals surface area (Å²) in [5.41, 5.74) is 0.727. The lowest BCUT2D eigenvalue weighted by Gasteiger charge is -2.30. The zero-order chi connectivity index (χ0) is 18.4. The van der Waals surface area contributed by atoms with Crippen LogP contribution >= 0.6 is 0 Å². The Bertz CT molecular complexity index is 587. The van der Waals surface area contributed by atoms with Gasteiger partial charge in [-0.15, -0.1) is 0 Å². The van der Waals surface area contributed by atoms with Crippen LogP contribution in [0.3, 0.4) is 0 Å². The average molecular weight is 349 g/mol. The standard InChI is InChI=1S/C19H27NO5/c1-13-9-10-19(2,3)16(13)25-17(22)15(11-21)20-18(23)24-12-14-7-5-4-6-8-14/h4-8,13,15-16,21H,9-12H2,1-3H3,(H,20,23)/t13?,15-,16?/m1/s1. The van der Waals surface area contributed by atoms with Crippen LogP contribution in [0.25, 0.3) is 0 Å². The van der Waals surface area contributed by atoms with Gasteiger partial charge in [-0.3, -0.25) is 0 Å². The first-order valence-electron chi connectivity index (χ1n) is 8.62. The van der Waals surface area contributed by atoms with Crippen LogP contribution in [0.2, 0.25) is 0 Å². The van der Waals surface area contributed by atoms with Gasteiger partial charge in [0.05, 0.1) is 6.61 Å². The SMILES string of the molecule is CC1CCC(C)(C)C1OC(=O)[C@@H](CO)NC(=O)OCc1ccccc1. The van der Waals surface area contributed by atoms with Crippen LogP contribution in [0.15, 0.2) is 30.3 Å². The molecule has 1 aromatic rings. The van der Waals surface area contributed by atoms with Crippen molar-refractivity contribution < 1.29 is 24.2 Å². The first-order chi connectivity index (χ1) is 11.8. The van der Waals surface area contributed by atoms with Crippen LogP contribution in [0.4, 0.5) is 4.79 Å². The highest BCUT2D eigenvalue weighted by atomic mass is 16.6. The van der Waals surface area contributed by atoms with E-state index >= 15 is 0 Å². The molecule has 2 N–H and O–H groups in total. The maximum atomic E-state index is 12.3. The second kappa shape index (κ2) is 8.34. The Hall–Kier alpha value is -2.08. The van der Waals surface area contributed by atoms with E-state index in [1.165, 1.54) is 0 Å². The molecule has 0 saturated heterocycles. The Labute approximate surface area is 148 Å². The molecule has 138 valence electrons. The highest BCUT2D eigenvalue weighted by Crippen LogP contribution is 2.43. The monoisotopic (exact) mass is 349 g/mol. The predicted octanol–water partition coefficient (Wildman–Crippen LogP) is 2.64. The van der Waals surface area contributed by atoms with Crippen LogP contribution in [0, 0.1) is 11.3 Å². The van der Waals surface area contributed by atoms with E-state index in [0.717, 1.165) is 18.4 Å². The minimum Gasteiger partial charge on any atom is -0.460 e. The Morgan fingerprint density at radius 3 is 2.56 bits per heavy atom. The molecule has 25 heavy (non-hydrogen) atoms. The van der Waals surface area contributed by atoms with Gasteiger partial charge in [0.2, 0.25) is 0 Å². The Kier molecular flexibility index (Phi) is 6.42. The van der Waals surface area contributed by atoms with E-state index in [4.69, 9.17) is 9.47 Å². The molecule has 1 fully saturated rings. The molecule has 6 nitrogen and oxygen atoms in total. The van der Waals surface area contributed by atoms with Gasteiger partial charge in [0.1, 0.15) is 12.7 Å². The topological polar surface area (TPSA) is 84.9 Å². The minimum atomic E-state index is -1.13. The number of nitrogens with one attached hydrogen (secondary N) is 1. The number of ether oxygens (including phenoxy) is 2. The maximum absolute atomic E-state index is 12.3. The smallest absolute Gasteiger partial charge is 0.408 e. The number of esters is 1. The summed E-state index contributed by atoms with van der Waals surface area (Å²) in [5.74, 6) is -0.380. The number of aliphatic hydroxyl groups is 1. The first-order valence-corrected chi connectivity index (χ1v) is 8.62. The van der Waals surface area contributed by atoms with Gasteiger partial charge >= 0.3 is 12.1 Å². The summed E-state index contributed by atoms with van der Waals surface area (Å²) in [7, 11) is 0. The summed E-state index contributed by atoms with van der Waals surface area (Å²) < 4.78 is 10.7. The Balaban J connectivity index is 1.86. The molecule has 0 aromatic heterocycles. The lowest BCUT2D eigenvalue weighted by molar-refractivity contribution is -0.159. The molecule has 1 aliphatic rings. The number of carbonyl (C=O) groups excluding carboxylic acids is 2. The van der Waals surface area contributed by atoms with Gasteiger partial charge in [0.15, 0.2) is 6.04 Å². The number of benzene rings is 1. The zero-order valence-corrected chi connectivity index (χ0v) is 15.0. The normalized spacial score (nSPS) is 22.9. The fourth-order valence-corrected chi connectivity index (χ4v) is 3.23. The molecule has 0 radical (unpaired) electrons. The number of carbonyl (C=O) groups is 2. The van der Waals surface area contributed by atoms with Gasteiger partial charge in [0, 0.05) is 5.41 Å². The largest absolute Gasteiger partial charge is 0.460 e. The molecule has 1 saturated carbocycles. The van der Waals surface area contributed by atoms with Gasteiger partial charge in [-0.25, -0.2) is 9.59 Å². The summed E-state index contributed by atoms with van der Waals surface area (Å²) >= 11 is 0. The highest BCUT2D eigenvalue weighted by Gasteiger charge is 2.43. The fraction of sp³-hybridized carbons (Fsp3) is 0.579. The van der Waals surface area contributed by atoms with Crippen molar-refractivity contribution in [1.29, 1.82) is 0 Å². The van der Waals surface area contributed by atoms with Crippen LogP contribution in [-0.4, -0.2) is 35.9 Å². The molecule has 1 amide bonds. The van der Waals surface area contributed by atoms with E-state index in [-0.39, 0.29) is 24.0 Å². The van der Waals surface area contributed by atoms with E-state index < -0.39 is 24.7 Å². The number of alkyl carbamates (subject to hydrolysis) is 1. The zero-order valence-electron chi connectivity index (χ0n) is 15.0. The summed E-state index contributed by atoms with van der Waals surface area (Å²) in [5, 5.41) is 11.8. The van der Waals surface area contributed by atoms with Crippen molar-refractivity contribution in [2.45, 2.75) is 52.4 Å². The van der Waals surface area contributed by atoms with E-state index in [1.807, 2.05) is 37.3 Å². The summed E-state index contributed by atoms with van der Waals surface area (Å²) in [6.07, 6.45) is 0.971. The highest BCUT2D eigenvalue weighted by molar-refractivity contribution is 5.81. The number of hydrogen-bond acceptors (Lipinski definition) is 5. The van der Waals surface area contributed by atoms with Crippen LogP contribution < -0.4 is 5.32 Å². The molecular formula is C19H27NO5. The molecule has 3 atom stereocenters. The third kappa shape index (κ3) is 5.19. The predicted molar refractivity (Wildman–Crippen MR) is 92.7 cm³/mol. The number of amides is 1. The first kappa shape index (κ1) is 19.2. The van der Waals surface area contributed by atoms with Gasteiger partial charge in [-0.2, -0.15) is 0 Å². The van der Waals surface area contributed by atoms with Crippen molar-refractivity contribution in [3.8, 4) is 0 Å². The third-order valence-electron chi connectivity index (χ3n) is 4.75. The molecule has 2 unspecified atom stereocenters. The van der Waals surface area contributed by atoms with Crippen molar-refractivity contribution in [2.24, 2.45) is 11.3 Å². The molecule has 1 aliphatic carbocycles. The minimum absolute atomic E-state index is 0.0898.